The maximum absolute atomic E-state index is 12.6. The molecule has 4 rings (SSSR count). The van der Waals surface area contributed by atoms with Gasteiger partial charge in [0.05, 0.1) is 31.1 Å². The first-order valence-electron chi connectivity index (χ1n) is 8.74. The van der Waals surface area contributed by atoms with Crippen LogP contribution in [-0.4, -0.2) is 51.2 Å². The van der Waals surface area contributed by atoms with Crippen molar-refractivity contribution in [2.24, 2.45) is 0 Å². The van der Waals surface area contributed by atoms with Gasteiger partial charge in [0.2, 0.25) is 5.88 Å². The Hall–Kier alpha value is -3.26. The number of ether oxygens (including phenoxy) is 2. The molecule has 2 atom stereocenters. The molecule has 0 radical (unpaired) electrons. The summed E-state index contributed by atoms with van der Waals surface area (Å²) in [5, 5.41) is 10.9. The molecule has 0 aliphatic carbocycles. The van der Waals surface area contributed by atoms with Gasteiger partial charge in [-0.2, -0.15) is 0 Å². The second-order valence-corrected chi connectivity index (χ2v) is 6.15. The van der Waals surface area contributed by atoms with E-state index < -0.39 is 0 Å². The zero-order valence-electron chi connectivity index (χ0n) is 14.6. The monoisotopic (exact) mass is 365 g/mol. The lowest BCUT2D eigenvalue weighted by molar-refractivity contribution is -0.00454. The fourth-order valence-electron chi connectivity index (χ4n) is 2.88. The van der Waals surface area contributed by atoms with Crippen LogP contribution in [0.25, 0.3) is 5.69 Å². The molecule has 1 aliphatic heterocycles. The Morgan fingerprint density at radius 2 is 2.04 bits per heavy atom. The zero-order valence-corrected chi connectivity index (χ0v) is 14.6. The van der Waals surface area contributed by atoms with E-state index in [0.29, 0.717) is 25.5 Å². The Bertz CT molecular complexity index is 885. The number of nitrogens with zero attached hydrogens (tertiary/aromatic N) is 4. The van der Waals surface area contributed by atoms with Crippen LogP contribution in [0.2, 0.25) is 0 Å². The zero-order chi connectivity index (χ0) is 18.5. The first kappa shape index (κ1) is 17.2. The molecule has 1 aliphatic rings. The Morgan fingerprint density at radius 3 is 2.85 bits per heavy atom. The second kappa shape index (κ2) is 7.96. The summed E-state index contributed by atoms with van der Waals surface area (Å²) < 4.78 is 13.0. The molecule has 8 nitrogen and oxygen atoms in total. The Kier molecular flexibility index (Phi) is 5.06. The van der Waals surface area contributed by atoms with Crippen LogP contribution in [0, 0.1) is 0 Å². The number of pyridine rings is 1. The number of aromatic nitrogens is 4. The van der Waals surface area contributed by atoms with Gasteiger partial charge in [0, 0.05) is 18.7 Å². The molecule has 2 aromatic heterocycles. The summed E-state index contributed by atoms with van der Waals surface area (Å²) in [5.41, 5.74) is 1.07. The van der Waals surface area contributed by atoms with Gasteiger partial charge in [-0.3, -0.25) is 4.79 Å². The summed E-state index contributed by atoms with van der Waals surface area (Å²) in [5.74, 6) is 0.209. The molecule has 1 saturated heterocycles. The number of benzene rings is 1. The van der Waals surface area contributed by atoms with Crippen LogP contribution in [0.4, 0.5) is 0 Å². The van der Waals surface area contributed by atoms with Crippen LogP contribution in [0.5, 0.6) is 5.88 Å². The van der Waals surface area contributed by atoms with E-state index in [1.54, 1.807) is 23.1 Å². The molecule has 3 heterocycles. The van der Waals surface area contributed by atoms with E-state index >= 15 is 0 Å². The molecule has 27 heavy (non-hydrogen) atoms. The van der Waals surface area contributed by atoms with E-state index in [4.69, 9.17) is 9.47 Å². The van der Waals surface area contributed by atoms with Gasteiger partial charge in [-0.25, -0.2) is 9.67 Å². The third-order valence-electron chi connectivity index (χ3n) is 4.27. The first-order valence-corrected chi connectivity index (χ1v) is 8.74. The molecule has 1 amide bonds. The van der Waals surface area contributed by atoms with Crippen LogP contribution < -0.4 is 10.1 Å². The van der Waals surface area contributed by atoms with E-state index in [1.165, 1.54) is 0 Å². The van der Waals surface area contributed by atoms with Crippen molar-refractivity contribution in [1.29, 1.82) is 0 Å². The van der Waals surface area contributed by atoms with Crippen LogP contribution in [0.1, 0.15) is 16.9 Å². The van der Waals surface area contributed by atoms with Gasteiger partial charge in [-0.15, -0.1) is 5.10 Å². The smallest absolute Gasteiger partial charge is 0.273 e. The number of nitrogens with one attached hydrogen (secondary N) is 1. The van der Waals surface area contributed by atoms with Crippen molar-refractivity contribution in [3.05, 3.63) is 66.6 Å². The van der Waals surface area contributed by atoms with Gasteiger partial charge in [-0.05, 0) is 18.2 Å². The minimum absolute atomic E-state index is 0.221. The molecule has 0 saturated carbocycles. The second-order valence-electron chi connectivity index (χ2n) is 6.15. The maximum Gasteiger partial charge on any atom is 0.273 e. The highest BCUT2D eigenvalue weighted by Crippen LogP contribution is 2.16. The summed E-state index contributed by atoms with van der Waals surface area (Å²) in [6.07, 6.45) is 3.72. The highest BCUT2D eigenvalue weighted by molar-refractivity contribution is 5.92. The average molecular weight is 365 g/mol. The van der Waals surface area contributed by atoms with Crippen molar-refractivity contribution in [1.82, 2.24) is 25.3 Å². The predicted octanol–water partition coefficient (Wildman–Crippen LogP) is 1.63. The molecule has 1 aromatic carbocycles. The number of amides is 1. The quantitative estimate of drug-likeness (QED) is 0.739. The largest absolute Gasteiger partial charge is 0.472 e. The highest BCUT2D eigenvalue weighted by Gasteiger charge is 2.30. The van der Waals surface area contributed by atoms with Crippen LogP contribution in [0.3, 0.4) is 0 Å². The molecule has 138 valence electrons. The van der Waals surface area contributed by atoms with Crippen molar-refractivity contribution < 1.29 is 14.3 Å². The van der Waals surface area contributed by atoms with Crippen LogP contribution >= 0.6 is 0 Å². The molecular formula is C19H19N5O3. The van der Waals surface area contributed by atoms with Crippen LogP contribution in [0.15, 0.2) is 60.9 Å². The van der Waals surface area contributed by atoms with E-state index in [1.807, 2.05) is 42.5 Å². The topological polar surface area (TPSA) is 91.2 Å². The highest BCUT2D eigenvalue weighted by atomic mass is 16.5. The third-order valence-corrected chi connectivity index (χ3v) is 4.27. The van der Waals surface area contributed by atoms with Gasteiger partial charge >= 0.3 is 0 Å². The van der Waals surface area contributed by atoms with Crippen LogP contribution in [-0.2, 0) is 4.74 Å². The first-order chi connectivity index (χ1) is 13.3. The average Bonchev–Trinajstić information content (AvgIpc) is 3.21. The molecule has 0 bridgehead atoms. The van der Waals surface area contributed by atoms with E-state index in [2.05, 4.69) is 20.6 Å². The SMILES string of the molecule is O=C(N[C@@H]1COCC[C@H]1Oc1ccccn1)c1cn(-c2ccccc2)nn1. The van der Waals surface area contributed by atoms with Gasteiger partial charge in [0.15, 0.2) is 5.69 Å². The fraction of sp³-hybridized carbons (Fsp3) is 0.263. The summed E-state index contributed by atoms with van der Waals surface area (Å²) in [6, 6.07) is 14.7. The normalized spacial score (nSPS) is 19.4. The lowest BCUT2D eigenvalue weighted by atomic mass is 10.1. The fourth-order valence-corrected chi connectivity index (χ4v) is 2.88. The van der Waals surface area contributed by atoms with Gasteiger partial charge in [0.1, 0.15) is 6.10 Å². The number of carbonyl (C=O) groups excluding carboxylic acids is 1. The van der Waals surface area contributed by atoms with E-state index in [9.17, 15) is 4.79 Å². The van der Waals surface area contributed by atoms with E-state index in [0.717, 1.165) is 5.69 Å². The van der Waals surface area contributed by atoms with Crippen molar-refractivity contribution in [2.45, 2.75) is 18.6 Å². The van der Waals surface area contributed by atoms with Crippen molar-refractivity contribution in [3.8, 4) is 11.6 Å². The van der Waals surface area contributed by atoms with E-state index in [-0.39, 0.29) is 23.7 Å². The predicted molar refractivity (Wildman–Crippen MR) is 96.7 cm³/mol. The number of rotatable bonds is 5. The number of hydrogen-bond donors (Lipinski definition) is 1. The van der Waals surface area contributed by atoms with Crippen molar-refractivity contribution >= 4 is 5.91 Å². The maximum atomic E-state index is 12.6. The minimum atomic E-state index is -0.317. The summed E-state index contributed by atoms with van der Waals surface area (Å²) in [4.78, 5) is 16.8. The Balaban J connectivity index is 1.44. The number of carbonyl (C=O) groups is 1. The summed E-state index contributed by atoms with van der Waals surface area (Å²) >= 11 is 0. The number of hydrogen-bond acceptors (Lipinski definition) is 6. The molecule has 1 N–H and O–H groups in total. The molecule has 0 spiro atoms. The summed E-state index contributed by atoms with van der Waals surface area (Å²) in [7, 11) is 0. The molecule has 3 aromatic rings. The lowest BCUT2D eigenvalue weighted by Gasteiger charge is -2.31. The van der Waals surface area contributed by atoms with Gasteiger partial charge < -0.3 is 14.8 Å². The van der Waals surface area contributed by atoms with Gasteiger partial charge in [-0.1, -0.05) is 29.5 Å². The Morgan fingerprint density at radius 1 is 1.19 bits per heavy atom. The molecule has 8 heteroatoms. The van der Waals surface area contributed by atoms with Gasteiger partial charge in [0.25, 0.3) is 5.91 Å². The standard InChI is InChI=1S/C19H19N5O3/c25-19(15-12-24(23-22-15)14-6-2-1-3-7-14)21-16-13-26-11-9-17(16)27-18-8-4-5-10-20-18/h1-8,10,12,16-17H,9,11,13H2,(H,21,25)/t16-,17-/m1/s1. The molecule has 1 fully saturated rings. The van der Waals surface area contributed by atoms with Crippen molar-refractivity contribution in [2.75, 3.05) is 13.2 Å². The minimum Gasteiger partial charge on any atom is -0.472 e. The van der Waals surface area contributed by atoms with Crippen molar-refractivity contribution in [3.63, 3.8) is 0 Å². The summed E-state index contributed by atoms with van der Waals surface area (Å²) in [6.45, 7) is 0.949. The number of para-hydroxylation sites is 1. The lowest BCUT2D eigenvalue weighted by Crippen LogP contribution is -2.52. The third kappa shape index (κ3) is 4.12. The molecular weight excluding hydrogens is 346 g/mol. The Labute approximate surface area is 156 Å². The molecule has 0 unspecified atom stereocenters.